The number of benzene rings is 1. The first kappa shape index (κ1) is 17.5. The fourth-order valence-electron chi connectivity index (χ4n) is 2.48. The number of rotatable bonds is 6. The van der Waals surface area contributed by atoms with Crippen LogP contribution in [0.5, 0.6) is 0 Å². The molecule has 0 saturated carbocycles. The van der Waals surface area contributed by atoms with Gasteiger partial charge in [-0.15, -0.1) is 11.3 Å². The van der Waals surface area contributed by atoms with Crippen molar-refractivity contribution in [2.45, 2.75) is 13.5 Å². The summed E-state index contributed by atoms with van der Waals surface area (Å²) in [5, 5.41) is 0.922. The summed E-state index contributed by atoms with van der Waals surface area (Å²) in [6.45, 7) is 2.57. The van der Waals surface area contributed by atoms with Crippen LogP contribution in [0.4, 0.5) is 0 Å². The predicted octanol–water partition coefficient (Wildman–Crippen LogP) is 4.09. The number of ether oxygens (including phenoxy) is 1. The number of carbonyl (C=O) groups excluding carboxylic acids is 2. The normalized spacial score (nSPS) is 10.8. The summed E-state index contributed by atoms with van der Waals surface area (Å²) in [7, 11) is 0. The molecule has 7 heteroatoms. The lowest BCUT2D eigenvalue weighted by Crippen LogP contribution is -2.33. The Morgan fingerprint density at radius 1 is 1.24 bits per heavy atom. The minimum absolute atomic E-state index is 0.239. The lowest BCUT2D eigenvalue weighted by atomic mass is 10.2. The highest BCUT2D eigenvalue weighted by Gasteiger charge is 2.17. The van der Waals surface area contributed by atoms with E-state index < -0.39 is 5.97 Å². The third kappa shape index (κ3) is 4.21. The summed E-state index contributed by atoms with van der Waals surface area (Å²) >= 11 is 7.34. The van der Waals surface area contributed by atoms with Crippen molar-refractivity contribution in [3.8, 4) is 0 Å². The number of hydrogen-bond acceptors (Lipinski definition) is 4. The first-order chi connectivity index (χ1) is 12.1. The molecular formula is C18H17ClN2O3S. The number of carbonyl (C=O) groups is 2. The Kier molecular flexibility index (Phi) is 5.40. The van der Waals surface area contributed by atoms with Gasteiger partial charge in [0.1, 0.15) is 5.69 Å². The van der Waals surface area contributed by atoms with Crippen molar-refractivity contribution in [2.75, 3.05) is 13.2 Å². The van der Waals surface area contributed by atoms with Crippen molar-refractivity contribution in [3.05, 3.63) is 57.4 Å². The maximum absolute atomic E-state index is 12.3. The number of thiophene rings is 1. The lowest BCUT2D eigenvalue weighted by Gasteiger charge is -2.19. The number of nitrogens with zero attached hydrogens (tertiary/aromatic N) is 1. The molecule has 0 aliphatic carbocycles. The molecule has 0 radical (unpaired) electrons. The molecule has 1 aromatic carbocycles. The highest BCUT2D eigenvalue weighted by molar-refractivity contribution is 7.16. The van der Waals surface area contributed by atoms with Crippen LogP contribution in [0.3, 0.4) is 0 Å². The van der Waals surface area contributed by atoms with Gasteiger partial charge in [0.05, 0.1) is 10.9 Å². The van der Waals surface area contributed by atoms with E-state index in [4.69, 9.17) is 16.3 Å². The third-order valence-corrected chi connectivity index (χ3v) is 5.00. The first-order valence-electron chi connectivity index (χ1n) is 7.83. The molecule has 0 fully saturated rings. The smallest absolute Gasteiger partial charge is 0.355 e. The molecule has 0 spiro atoms. The van der Waals surface area contributed by atoms with E-state index in [0.717, 1.165) is 15.8 Å². The van der Waals surface area contributed by atoms with Gasteiger partial charge < -0.3 is 14.6 Å². The molecule has 1 amide bonds. The number of likely N-dealkylation sites (N-methyl/N-ethyl adjacent to an activating group) is 1. The Morgan fingerprint density at radius 2 is 2.04 bits per heavy atom. The van der Waals surface area contributed by atoms with Gasteiger partial charge in [0, 0.05) is 22.3 Å². The van der Waals surface area contributed by atoms with Gasteiger partial charge in [-0.2, -0.15) is 0 Å². The summed E-state index contributed by atoms with van der Waals surface area (Å²) in [6, 6.07) is 13.0. The maximum Gasteiger partial charge on any atom is 0.355 e. The van der Waals surface area contributed by atoms with E-state index in [0.29, 0.717) is 23.1 Å². The standard InChI is InChI=1S/C18H17ClN2O3S/c1-2-21(10-13-7-8-16(19)25-13)17(22)11-24-18(23)15-9-12-5-3-4-6-14(12)20-15/h3-9,20H,2,10-11H2,1H3. The molecule has 5 nitrogen and oxygen atoms in total. The maximum atomic E-state index is 12.3. The molecule has 130 valence electrons. The molecule has 0 atom stereocenters. The molecule has 2 aromatic heterocycles. The fraction of sp³-hybridized carbons (Fsp3) is 0.222. The molecule has 0 unspecified atom stereocenters. The van der Waals surface area contributed by atoms with E-state index in [-0.39, 0.29) is 12.5 Å². The van der Waals surface area contributed by atoms with Crippen molar-refractivity contribution in [1.29, 1.82) is 0 Å². The second-order valence-corrected chi connectivity index (χ2v) is 7.26. The Bertz CT molecular complexity index is 870. The number of para-hydroxylation sites is 1. The number of H-pyrrole nitrogens is 1. The van der Waals surface area contributed by atoms with Crippen LogP contribution < -0.4 is 0 Å². The van der Waals surface area contributed by atoms with Crippen LogP contribution in [-0.2, 0) is 16.1 Å². The number of fused-ring (bicyclic) bond motifs is 1. The zero-order valence-corrected chi connectivity index (χ0v) is 15.2. The van der Waals surface area contributed by atoms with Crippen LogP contribution in [-0.4, -0.2) is 34.9 Å². The van der Waals surface area contributed by atoms with E-state index in [9.17, 15) is 9.59 Å². The highest BCUT2D eigenvalue weighted by Crippen LogP contribution is 2.22. The molecule has 0 saturated heterocycles. The second kappa shape index (κ2) is 7.72. The lowest BCUT2D eigenvalue weighted by molar-refractivity contribution is -0.134. The Hall–Kier alpha value is -2.31. The third-order valence-electron chi connectivity index (χ3n) is 3.79. The highest BCUT2D eigenvalue weighted by atomic mass is 35.5. The minimum atomic E-state index is -0.542. The number of nitrogens with one attached hydrogen (secondary N) is 1. The molecule has 0 aliphatic rings. The van der Waals surface area contributed by atoms with Crippen LogP contribution in [0.25, 0.3) is 10.9 Å². The van der Waals surface area contributed by atoms with Gasteiger partial charge in [-0.25, -0.2) is 4.79 Å². The fourth-order valence-corrected chi connectivity index (χ4v) is 3.58. The van der Waals surface area contributed by atoms with Crippen molar-refractivity contribution >= 4 is 45.7 Å². The van der Waals surface area contributed by atoms with Gasteiger partial charge >= 0.3 is 5.97 Å². The monoisotopic (exact) mass is 376 g/mol. The number of esters is 1. The first-order valence-corrected chi connectivity index (χ1v) is 9.03. The van der Waals surface area contributed by atoms with Crippen molar-refractivity contribution < 1.29 is 14.3 Å². The zero-order valence-electron chi connectivity index (χ0n) is 13.6. The number of amides is 1. The SMILES string of the molecule is CCN(Cc1ccc(Cl)s1)C(=O)COC(=O)c1cc2ccccc2[nH]1. The summed E-state index contributed by atoms with van der Waals surface area (Å²) in [4.78, 5) is 30.1. The van der Waals surface area contributed by atoms with Crippen LogP contribution in [0.15, 0.2) is 42.5 Å². The second-order valence-electron chi connectivity index (χ2n) is 5.46. The van der Waals surface area contributed by atoms with Gasteiger partial charge in [-0.3, -0.25) is 4.79 Å². The number of hydrogen-bond donors (Lipinski definition) is 1. The van der Waals surface area contributed by atoms with Crippen LogP contribution in [0.2, 0.25) is 4.34 Å². The van der Waals surface area contributed by atoms with Crippen LogP contribution >= 0.6 is 22.9 Å². The quantitative estimate of drug-likeness (QED) is 0.659. The molecule has 0 aliphatic heterocycles. The molecule has 2 heterocycles. The number of aromatic nitrogens is 1. The van der Waals surface area contributed by atoms with Gasteiger partial charge in [-0.1, -0.05) is 29.8 Å². The summed E-state index contributed by atoms with van der Waals surface area (Å²) in [5.41, 5.74) is 1.19. The van der Waals surface area contributed by atoms with Gasteiger partial charge in [-0.05, 0) is 31.2 Å². The predicted molar refractivity (Wildman–Crippen MR) is 99.0 cm³/mol. The number of aromatic amines is 1. The molecule has 1 N–H and O–H groups in total. The van der Waals surface area contributed by atoms with Crippen molar-refractivity contribution in [2.24, 2.45) is 0 Å². The summed E-state index contributed by atoms with van der Waals surface area (Å²) in [6.07, 6.45) is 0. The Balaban J connectivity index is 1.59. The van der Waals surface area contributed by atoms with E-state index >= 15 is 0 Å². The van der Waals surface area contributed by atoms with Crippen molar-refractivity contribution in [3.63, 3.8) is 0 Å². The molecule has 3 aromatic rings. The van der Waals surface area contributed by atoms with E-state index in [2.05, 4.69) is 4.98 Å². The van der Waals surface area contributed by atoms with Gasteiger partial charge in [0.15, 0.2) is 6.61 Å². The molecule has 3 rings (SSSR count). The Labute approximate surface area is 154 Å². The molecule has 0 bridgehead atoms. The number of halogens is 1. The molecule has 25 heavy (non-hydrogen) atoms. The average molecular weight is 377 g/mol. The molecular weight excluding hydrogens is 360 g/mol. The van der Waals surface area contributed by atoms with Crippen LogP contribution in [0.1, 0.15) is 22.3 Å². The van der Waals surface area contributed by atoms with E-state index in [1.54, 1.807) is 17.0 Å². The summed E-state index contributed by atoms with van der Waals surface area (Å²) < 4.78 is 5.85. The van der Waals surface area contributed by atoms with E-state index in [1.807, 2.05) is 37.3 Å². The van der Waals surface area contributed by atoms with Gasteiger partial charge in [0.2, 0.25) is 0 Å². The largest absolute Gasteiger partial charge is 0.451 e. The minimum Gasteiger partial charge on any atom is -0.451 e. The van der Waals surface area contributed by atoms with Crippen LogP contribution in [0, 0.1) is 0 Å². The summed E-state index contributed by atoms with van der Waals surface area (Å²) in [5.74, 6) is -0.781. The zero-order chi connectivity index (χ0) is 17.8. The van der Waals surface area contributed by atoms with E-state index in [1.165, 1.54) is 11.3 Å². The van der Waals surface area contributed by atoms with Crippen molar-refractivity contribution in [1.82, 2.24) is 9.88 Å². The topological polar surface area (TPSA) is 62.4 Å². The Morgan fingerprint density at radius 3 is 2.72 bits per heavy atom. The average Bonchev–Trinajstić information content (AvgIpc) is 3.23. The van der Waals surface area contributed by atoms with Gasteiger partial charge in [0.25, 0.3) is 5.91 Å².